The van der Waals surface area contributed by atoms with Crippen LogP contribution in [0.5, 0.6) is 11.6 Å². The van der Waals surface area contributed by atoms with Crippen LogP contribution in [0.1, 0.15) is 97.8 Å². The Hall–Kier alpha value is -7.08. The number of methoxy groups -OCH3 is 1. The first kappa shape index (κ1) is 58.0. The average molecular weight is 1190 g/mol. The van der Waals surface area contributed by atoms with Crippen LogP contribution in [-0.4, -0.2) is 159 Å². The molecule has 21 nitrogen and oxygen atoms in total. The van der Waals surface area contributed by atoms with Gasteiger partial charge in [-0.05, 0) is 148 Å². The van der Waals surface area contributed by atoms with Gasteiger partial charge in [-0.25, -0.2) is 18.1 Å². The number of sulfonamides is 1. The van der Waals surface area contributed by atoms with Crippen LogP contribution in [0.2, 0.25) is 0 Å². The monoisotopic (exact) mass is 1190 g/mol. The predicted molar refractivity (Wildman–Crippen MR) is 328 cm³/mol. The van der Waals surface area contributed by atoms with E-state index < -0.39 is 37.0 Å². The van der Waals surface area contributed by atoms with Crippen LogP contribution in [0, 0.1) is 34.3 Å². The maximum atomic E-state index is 14.9. The molecule has 13 rings (SSSR count). The first-order valence-electron chi connectivity index (χ1n) is 30.7. The van der Waals surface area contributed by atoms with Crippen LogP contribution >= 0.6 is 0 Å². The SMILES string of the molecule is COc1cc(CN2CCN(C3CC4(CCN(c5ccc(C(=O)NS(=O)(=O)c6ccc(NC[C@H]7CC[C@](C)(O)CC7)c([N+](=O)[O-])c6)c(N6C[C@H]7CCOC[C@@H]7Oc7nc8[nH]ccc8cc76)c5)CC4)C3)[C@H](c3ccccc3C)C2)cnc1N1CCOCC1. The summed E-state index contributed by atoms with van der Waals surface area (Å²) in [5.41, 5.74) is 5.84. The third kappa shape index (κ3) is 11.9. The van der Waals surface area contributed by atoms with Gasteiger partial charge in [-0.2, -0.15) is 4.98 Å². The van der Waals surface area contributed by atoms with E-state index in [1.54, 1.807) is 13.2 Å². The number of fused-ring (bicyclic) bond motifs is 3. The van der Waals surface area contributed by atoms with Gasteiger partial charge < -0.3 is 49.1 Å². The predicted octanol–water partition coefficient (Wildman–Crippen LogP) is 8.74. The van der Waals surface area contributed by atoms with E-state index in [1.165, 1.54) is 23.3 Å². The number of H-pyrrole nitrogens is 1. The number of carbonyl (C=O) groups is 1. The number of anilines is 5. The summed E-state index contributed by atoms with van der Waals surface area (Å²) < 4.78 is 55.0. The van der Waals surface area contributed by atoms with Crippen molar-refractivity contribution in [2.24, 2.45) is 17.3 Å². The minimum Gasteiger partial charge on any atom is -0.493 e. The third-order valence-electron chi connectivity index (χ3n) is 19.8. The summed E-state index contributed by atoms with van der Waals surface area (Å²) in [5.74, 6) is 1.33. The van der Waals surface area contributed by atoms with Gasteiger partial charge in [0.1, 0.15) is 23.1 Å². The number of aromatic nitrogens is 3. The van der Waals surface area contributed by atoms with Gasteiger partial charge >= 0.3 is 0 Å². The molecule has 7 aliphatic rings. The quantitative estimate of drug-likeness (QED) is 0.0556. The van der Waals surface area contributed by atoms with E-state index in [1.807, 2.05) is 43.6 Å². The van der Waals surface area contributed by atoms with Gasteiger partial charge in [0.2, 0.25) is 5.88 Å². The highest BCUT2D eigenvalue weighted by atomic mass is 32.2. The molecule has 1 amide bonds. The number of rotatable bonds is 15. The largest absolute Gasteiger partial charge is 0.493 e. The molecule has 3 atom stereocenters. The van der Waals surface area contributed by atoms with E-state index in [-0.39, 0.29) is 40.6 Å². The number of piperazine rings is 1. The Morgan fingerprint density at radius 3 is 2.48 bits per heavy atom. The molecule has 0 bridgehead atoms. The van der Waals surface area contributed by atoms with E-state index in [4.69, 9.17) is 28.9 Å². The van der Waals surface area contributed by atoms with Crippen LogP contribution in [0.4, 0.5) is 34.3 Å². The van der Waals surface area contributed by atoms with Crippen molar-refractivity contribution in [3.05, 3.63) is 124 Å². The fourth-order valence-electron chi connectivity index (χ4n) is 14.6. The second-order valence-electron chi connectivity index (χ2n) is 25.4. The smallest absolute Gasteiger partial charge is 0.293 e. The molecule has 22 heteroatoms. The number of nitrogens with one attached hydrogen (secondary N) is 3. The summed E-state index contributed by atoms with van der Waals surface area (Å²) in [6.07, 6.45) is 11.2. The van der Waals surface area contributed by atoms with Crippen LogP contribution in [0.3, 0.4) is 0 Å². The lowest BCUT2D eigenvalue weighted by molar-refractivity contribution is -0.384. The summed E-state index contributed by atoms with van der Waals surface area (Å²) in [6.45, 7) is 14.0. The lowest BCUT2D eigenvalue weighted by atomic mass is 9.59. The molecule has 1 spiro atoms. The van der Waals surface area contributed by atoms with Crippen LogP contribution in [-0.2, 0) is 26.0 Å². The van der Waals surface area contributed by atoms with E-state index in [2.05, 4.69) is 76.8 Å². The number of nitro benzene ring substituents is 1. The number of pyridine rings is 2. The summed E-state index contributed by atoms with van der Waals surface area (Å²) in [5, 5.41) is 26.9. The van der Waals surface area contributed by atoms with Crippen molar-refractivity contribution >= 4 is 61.2 Å². The molecule has 2 saturated carbocycles. The zero-order valence-corrected chi connectivity index (χ0v) is 50.2. The molecule has 0 radical (unpaired) electrons. The highest BCUT2D eigenvalue weighted by Gasteiger charge is 2.50. The summed E-state index contributed by atoms with van der Waals surface area (Å²) in [6, 6.07) is 24.9. The minimum absolute atomic E-state index is 0.0189. The summed E-state index contributed by atoms with van der Waals surface area (Å²) in [4.78, 5) is 51.4. The molecule has 4 saturated heterocycles. The van der Waals surface area contributed by atoms with Crippen molar-refractivity contribution in [3.8, 4) is 11.6 Å². The van der Waals surface area contributed by atoms with Gasteiger partial charge in [-0.3, -0.25) is 24.7 Å². The molecule has 6 aromatic rings. The molecule has 4 N–H and O–H groups in total. The molecule has 3 aromatic heterocycles. The van der Waals surface area contributed by atoms with Gasteiger partial charge in [0.05, 0.1) is 53.6 Å². The number of benzene rings is 3. The summed E-state index contributed by atoms with van der Waals surface area (Å²) >= 11 is 0. The Morgan fingerprint density at radius 2 is 1.70 bits per heavy atom. The number of nitro groups is 1. The van der Waals surface area contributed by atoms with Crippen molar-refractivity contribution in [1.82, 2.24) is 29.5 Å². The number of aryl methyl sites for hydroxylation is 1. The minimum atomic E-state index is -4.64. The Morgan fingerprint density at radius 1 is 0.895 bits per heavy atom. The second-order valence-corrected chi connectivity index (χ2v) is 27.1. The number of ether oxygens (including phenoxy) is 4. The number of morpholine rings is 1. The van der Waals surface area contributed by atoms with E-state index in [0.717, 1.165) is 125 Å². The fourth-order valence-corrected chi connectivity index (χ4v) is 15.6. The molecule has 5 aliphatic heterocycles. The highest BCUT2D eigenvalue weighted by Crippen LogP contribution is 2.54. The highest BCUT2D eigenvalue weighted by molar-refractivity contribution is 7.90. The van der Waals surface area contributed by atoms with Crippen molar-refractivity contribution in [2.75, 3.05) is 112 Å². The number of amides is 1. The third-order valence-corrected chi connectivity index (χ3v) is 21.1. The number of carbonyl (C=O) groups excluding carboxylic acids is 1. The van der Waals surface area contributed by atoms with Gasteiger partial charge in [0.25, 0.3) is 21.6 Å². The van der Waals surface area contributed by atoms with Gasteiger partial charge in [0, 0.05) is 120 Å². The lowest BCUT2D eigenvalue weighted by Crippen LogP contribution is -2.59. The second kappa shape index (κ2) is 23.9. The number of aromatic amines is 1. The maximum absolute atomic E-state index is 14.9. The van der Waals surface area contributed by atoms with Crippen molar-refractivity contribution < 1.29 is 42.2 Å². The molecular weight excluding hydrogens is 1110 g/mol. The molecule has 6 fully saturated rings. The maximum Gasteiger partial charge on any atom is 0.293 e. The normalized spacial score (nSPS) is 24.7. The molecule has 2 aliphatic carbocycles. The molecule has 8 heterocycles. The number of nitrogens with zero attached hydrogens (tertiary/aromatic N) is 8. The molecular formula is C64H79N11O10S. The molecule has 456 valence electrons. The van der Waals surface area contributed by atoms with E-state index in [0.29, 0.717) is 87.7 Å². The zero-order valence-electron chi connectivity index (χ0n) is 49.4. The topological polar surface area (TPSA) is 233 Å². The summed E-state index contributed by atoms with van der Waals surface area (Å²) in [7, 11) is -2.92. The van der Waals surface area contributed by atoms with Crippen molar-refractivity contribution in [3.63, 3.8) is 0 Å². The van der Waals surface area contributed by atoms with Crippen molar-refractivity contribution in [2.45, 2.75) is 107 Å². The Labute approximate surface area is 502 Å². The fraction of sp³-hybridized carbons (Fsp3) is 0.516. The zero-order chi connectivity index (χ0) is 59.3. The Balaban J connectivity index is 0.738. The van der Waals surface area contributed by atoms with E-state index >= 15 is 0 Å². The molecule has 3 aromatic carbocycles. The first-order valence-corrected chi connectivity index (χ1v) is 32.2. The number of hydrogen-bond acceptors (Lipinski definition) is 18. The van der Waals surface area contributed by atoms with Gasteiger partial charge in [-0.1, -0.05) is 24.3 Å². The standard InChI is InChI=1S/C64H79N11O10S/c1-42-6-4-5-7-50(42)56-40-70(38-44-30-57(82-3)60(67-37-44)72-25-28-83-29-26-72)23-24-73(56)48-34-64(35-48)18-21-71(22-19-64)47-8-10-51(53(32-47)74-39-46-15-27-84-41-58(46)85-62-55(74)31-45-14-20-65-59(45)68-62)61(76)69-86(80,81)49-9-11-52(54(33-49)75(78)79)66-36-43-12-16-63(2,77)17-13-43/h4-11,14,20,30-33,37,43,46,48,56,58,66,77H,12-13,15-19,21-29,34-36,38-41H2,1-3H3,(H,65,68)(H,69,76)/t43-,46-,56+,58+,63-/m1/s1. The van der Waals surface area contributed by atoms with Crippen LogP contribution in [0.25, 0.3) is 11.0 Å². The van der Waals surface area contributed by atoms with Gasteiger partial charge in [-0.15, -0.1) is 0 Å². The Bertz CT molecular complexity index is 3590. The van der Waals surface area contributed by atoms with Gasteiger partial charge in [0.15, 0.2) is 11.6 Å². The Kier molecular flexibility index (Phi) is 16.1. The number of piperidine rings is 1. The van der Waals surface area contributed by atoms with Crippen LogP contribution in [0.15, 0.2) is 96.2 Å². The van der Waals surface area contributed by atoms with Crippen LogP contribution < -0.4 is 34.2 Å². The molecule has 86 heavy (non-hydrogen) atoms. The number of hydrogen-bond donors (Lipinski definition) is 4. The molecule has 0 unspecified atom stereocenters. The average Bonchev–Trinajstić information content (AvgIpc) is 1.44. The first-order chi connectivity index (χ1) is 41.6. The number of aliphatic hydroxyl groups is 1. The lowest BCUT2D eigenvalue weighted by Gasteiger charge is -2.58. The van der Waals surface area contributed by atoms with E-state index in [9.17, 15) is 28.4 Å². The van der Waals surface area contributed by atoms with Crippen molar-refractivity contribution in [1.29, 1.82) is 0 Å².